The van der Waals surface area contributed by atoms with Gasteiger partial charge in [0.05, 0.1) is 13.2 Å². The fourth-order valence-electron chi connectivity index (χ4n) is 7.69. The lowest BCUT2D eigenvalue weighted by molar-refractivity contribution is -0.161. The number of unbranched alkanes of at least 4 members (excludes halogenated alkanes) is 36. The van der Waals surface area contributed by atoms with E-state index in [1.807, 2.05) is 0 Å². The number of rotatable bonds is 48. The molecule has 0 amide bonds. The van der Waals surface area contributed by atoms with E-state index in [1.165, 1.54) is 205 Å². The van der Waals surface area contributed by atoms with Crippen molar-refractivity contribution in [1.82, 2.24) is 0 Å². The van der Waals surface area contributed by atoms with Gasteiger partial charge in [0.15, 0.2) is 6.10 Å². The lowest BCUT2D eigenvalue weighted by atomic mass is 10.0. The average molecular weight is 845 g/mol. The maximum absolute atomic E-state index is 12.6. The zero-order valence-corrected chi connectivity index (χ0v) is 39.6. The summed E-state index contributed by atoms with van der Waals surface area (Å²) in [5, 5.41) is 0. The van der Waals surface area contributed by atoms with Gasteiger partial charge in [-0.2, -0.15) is 0 Å². The molecule has 346 valence electrons. The van der Waals surface area contributed by atoms with Crippen LogP contribution in [0.3, 0.4) is 0 Å². The number of ether oxygens (including phenoxy) is 2. The van der Waals surface area contributed by atoms with E-state index in [1.54, 1.807) is 6.92 Å². The second-order valence-electron chi connectivity index (χ2n) is 17.2. The molecule has 0 radical (unpaired) electrons. The summed E-state index contributed by atoms with van der Waals surface area (Å²) < 4.78 is 32.8. The summed E-state index contributed by atoms with van der Waals surface area (Å²) in [4.78, 5) is 34.9. The van der Waals surface area contributed by atoms with Gasteiger partial charge in [-0.05, 0) is 19.8 Å². The van der Waals surface area contributed by atoms with E-state index in [0.29, 0.717) is 6.42 Å². The topological polar surface area (TPSA) is 108 Å². The predicted molar refractivity (Wildman–Crippen MR) is 244 cm³/mol. The van der Waals surface area contributed by atoms with Crippen molar-refractivity contribution in [1.29, 1.82) is 0 Å². The number of phosphoric ester groups is 1. The van der Waals surface area contributed by atoms with Gasteiger partial charge in [0.2, 0.25) is 0 Å². The molecule has 0 aromatic carbocycles. The molecule has 0 aliphatic carbocycles. The van der Waals surface area contributed by atoms with Crippen LogP contribution in [-0.4, -0.2) is 42.8 Å². The molecule has 0 fully saturated rings. The molecule has 0 aliphatic rings. The molecule has 58 heavy (non-hydrogen) atoms. The van der Waals surface area contributed by atoms with Crippen LogP contribution in [0.4, 0.5) is 0 Å². The Hall–Kier alpha value is -0.950. The number of hydrogen-bond acceptors (Lipinski definition) is 7. The Morgan fingerprint density at radius 1 is 0.397 bits per heavy atom. The standard InChI is InChI=1S/C49H97O8P/c1-4-7-9-11-13-15-17-19-21-22-23-24-25-26-27-28-29-30-32-34-36-38-40-42-44-49(51)57-47(46-56-58(52,53)55-6-3)45-54-48(50)43-41-39-37-35-33-31-20-18-16-14-12-10-8-5-2/h47H,4-46H2,1-3H3,(H,52,53). The number of phosphoric acid groups is 1. The maximum Gasteiger partial charge on any atom is 0.472 e. The summed E-state index contributed by atoms with van der Waals surface area (Å²) in [5.41, 5.74) is 0. The fourth-order valence-corrected chi connectivity index (χ4v) is 8.45. The SMILES string of the molecule is CCCCCCCCCCCCCCCCCCCCCCCCCCC(=O)OC(COC(=O)CCCCCCCCCCCCCCCC)COP(=O)(O)OCC. The van der Waals surface area contributed by atoms with Crippen LogP contribution < -0.4 is 0 Å². The molecule has 0 saturated carbocycles. The highest BCUT2D eigenvalue weighted by molar-refractivity contribution is 7.47. The Morgan fingerprint density at radius 2 is 0.672 bits per heavy atom. The van der Waals surface area contributed by atoms with Crippen molar-refractivity contribution in [2.24, 2.45) is 0 Å². The molecule has 9 heteroatoms. The Kier molecular flexibility index (Phi) is 44.8. The highest BCUT2D eigenvalue weighted by Crippen LogP contribution is 2.43. The minimum absolute atomic E-state index is 0.00593. The van der Waals surface area contributed by atoms with Gasteiger partial charge in [-0.15, -0.1) is 0 Å². The van der Waals surface area contributed by atoms with E-state index in [4.69, 9.17) is 18.5 Å². The van der Waals surface area contributed by atoms with Gasteiger partial charge in [-0.3, -0.25) is 18.6 Å². The first-order valence-corrected chi connectivity index (χ1v) is 26.8. The van der Waals surface area contributed by atoms with Crippen molar-refractivity contribution in [3.63, 3.8) is 0 Å². The third-order valence-corrected chi connectivity index (χ3v) is 12.5. The molecular formula is C49H97O8P. The van der Waals surface area contributed by atoms with Crippen LogP contribution >= 0.6 is 7.82 Å². The van der Waals surface area contributed by atoms with Gasteiger partial charge in [0.1, 0.15) is 6.61 Å². The summed E-state index contributed by atoms with van der Waals surface area (Å²) in [6, 6.07) is 0. The first-order valence-electron chi connectivity index (χ1n) is 25.3. The smallest absolute Gasteiger partial charge is 0.462 e. The number of hydrogen-bond donors (Lipinski definition) is 1. The Labute approximate surface area is 359 Å². The third-order valence-electron chi connectivity index (χ3n) is 11.4. The largest absolute Gasteiger partial charge is 0.472 e. The van der Waals surface area contributed by atoms with Crippen molar-refractivity contribution >= 4 is 19.8 Å². The van der Waals surface area contributed by atoms with E-state index in [0.717, 1.165) is 38.5 Å². The van der Waals surface area contributed by atoms with Crippen LogP contribution in [-0.2, 0) is 32.7 Å². The van der Waals surface area contributed by atoms with E-state index in [2.05, 4.69) is 13.8 Å². The molecule has 0 rings (SSSR count). The minimum Gasteiger partial charge on any atom is -0.462 e. The maximum atomic E-state index is 12.6. The molecule has 2 atom stereocenters. The summed E-state index contributed by atoms with van der Waals surface area (Å²) >= 11 is 0. The number of carbonyl (C=O) groups is 2. The van der Waals surface area contributed by atoms with Crippen molar-refractivity contribution < 1.29 is 37.6 Å². The zero-order chi connectivity index (χ0) is 42.5. The second-order valence-corrected chi connectivity index (χ2v) is 18.7. The lowest BCUT2D eigenvalue weighted by Gasteiger charge is -2.19. The Morgan fingerprint density at radius 3 is 0.966 bits per heavy atom. The molecule has 0 aromatic heterocycles. The van der Waals surface area contributed by atoms with Crippen molar-refractivity contribution in [2.45, 2.75) is 284 Å². The summed E-state index contributed by atoms with van der Waals surface area (Å²) in [7, 11) is -4.28. The highest BCUT2D eigenvalue weighted by atomic mass is 31.2. The van der Waals surface area contributed by atoms with Crippen LogP contribution in [0, 0.1) is 0 Å². The molecule has 8 nitrogen and oxygen atoms in total. The summed E-state index contributed by atoms with van der Waals surface area (Å²) in [6.07, 6.45) is 48.9. The van der Waals surface area contributed by atoms with Crippen LogP contribution in [0.15, 0.2) is 0 Å². The van der Waals surface area contributed by atoms with Crippen molar-refractivity contribution in [3.8, 4) is 0 Å². The zero-order valence-electron chi connectivity index (χ0n) is 38.7. The summed E-state index contributed by atoms with van der Waals surface area (Å²) in [6.45, 7) is 5.54. The molecule has 0 heterocycles. The monoisotopic (exact) mass is 845 g/mol. The van der Waals surface area contributed by atoms with Crippen LogP contribution in [0.25, 0.3) is 0 Å². The summed E-state index contributed by atoms with van der Waals surface area (Å²) in [5.74, 6) is -0.776. The molecule has 0 spiro atoms. The molecule has 2 unspecified atom stereocenters. The minimum atomic E-state index is -4.28. The van der Waals surface area contributed by atoms with Crippen molar-refractivity contribution in [2.75, 3.05) is 19.8 Å². The lowest BCUT2D eigenvalue weighted by Crippen LogP contribution is -2.29. The van der Waals surface area contributed by atoms with E-state index in [9.17, 15) is 19.0 Å². The van der Waals surface area contributed by atoms with Crippen LogP contribution in [0.5, 0.6) is 0 Å². The van der Waals surface area contributed by atoms with Gasteiger partial charge in [0, 0.05) is 12.8 Å². The first kappa shape index (κ1) is 57.1. The van der Waals surface area contributed by atoms with Crippen LogP contribution in [0.2, 0.25) is 0 Å². The van der Waals surface area contributed by atoms with Gasteiger partial charge in [-0.1, -0.05) is 245 Å². The molecule has 0 aromatic rings. The third kappa shape index (κ3) is 44.6. The number of esters is 2. The quantitative estimate of drug-likeness (QED) is 0.0366. The van der Waals surface area contributed by atoms with Gasteiger partial charge >= 0.3 is 19.8 Å². The highest BCUT2D eigenvalue weighted by Gasteiger charge is 2.25. The van der Waals surface area contributed by atoms with Crippen molar-refractivity contribution in [3.05, 3.63) is 0 Å². The van der Waals surface area contributed by atoms with Gasteiger partial charge in [0.25, 0.3) is 0 Å². The molecule has 0 aliphatic heterocycles. The Balaban J connectivity index is 3.89. The molecular weight excluding hydrogens is 748 g/mol. The number of carbonyl (C=O) groups excluding carboxylic acids is 2. The first-order chi connectivity index (χ1) is 28.3. The second kappa shape index (κ2) is 45.6. The van der Waals surface area contributed by atoms with E-state index >= 15 is 0 Å². The predicted octanol–water partition coefficient (Wildman–Crippen LogP) is 16.2. The molecule has 1 N–H and O–H groups in total. The fraction of sp³-hybridized carbons (Fsp3) is 0.959. The van der Waals surface area contributed by atoms with E-state index in [-0.39, 0.29) is 32.2 Å². The van der Waals surface area contributed by atoms with Gasteiger partial charge < -0.3 is 14.4 Å². The molecule has 0 saturated heterocycles. The molecule has 0 bridgehead atoms. The van der Waals surface area contributed by atoms with E-state index < -0.39 is 19.9 Å². The van der Waals surface area contributed by atoms with Crippen LogP contribution in [0.1, 0.15) is 278 Å². The van der Waals surface area contributed by atoms with Gasteiger partial charge in [-0.25, -0.2) is 4.57 Å². The average Bonchev–Trinajstić information content (AvgIpc) is 3.20. The Bertz CT molecular complexity index is 915. The normalized spacial score (nSPS) is 13.1.